The van der Waals surface area contributed by atoms with Gasteiger partial charge in [-0.1, -0.05) is 6.42 Å². The molecular weight excluding hydrogens is 324 g/mol. The van der Waals surface area contributed by atoms with Gasteiger partial charge >= 0.3 is 0 Å². The van der Waals surface area contributed by atoms with Gasteiger partial charge in [0.1, 0.15) is 9.88 Å². The number of aryl methyl sites for hydroxylation is 1. The van der Waals surface area contributed by atoms with Crippen molar-refractivity contribution in [3.63, 3.8) is 0 Å². The molecule has 0 saturated heterocycles. The van der Waals surface area contributed by atoms with Crippen molar-refractivity contribution in [2.75, 3.05) is 6.61 Å². The van der Waals surface area contributed by atoms with Crippen LogP contribution in [0.4, 0.5) is 0 Å². The number of hydrogen-bond donors (Lipinski definition) is 1. The summed E-state index contributed by atoms with van der Waals surface area (Å²) in [6.07, 6.45) is 10.1. The molecule has 6 nitrogen and oxygen atoms in total. The van der Waals surface area contributed by atoms with Gasteiger partial charge in [-0.2, -0.15) is 5.10 Å². The largest absolute Gasteiger partial charge is 0.378 e. The lowest BCUT2D eigenvalue weighted by molar-refractivity contribution is -0.169. The SMILES string of the molecule is CCO[C@H]1C[C@@H](NC(=O)c2cnc(-c3cnn(C)c3)s2)C12CCC2. The molecule has 0 aliphatic heterocycles. The molecule has 128 valence electrons. The van der Waals surface area contributed by atoms with Crippen LogP contribution in [0, 0.1) is 5.41 Å². The van der Waals surface area contributed by atoms with E-state index in [4.69, 9.17) is 4.74 Å². The van der Waals surface area contributed by atoms with Crippen LogP contribution in [0.3, 0.4) is 0 Å². The van der Waals surface area contributed by atoms with Gasteiger partial charge in [0.05, 0.1) is 18.5 Å². The van der Waals surface area contributed by atoms with Gasteiger partial charge in [0.25, 0.3) is 5.91 Å². The Hall–Kier alpha value is -1.73. The quantitative estimate of drug-likeness (QED) is 0.903. The first-order valence-corrected chi connectivity index (χ1v) is 9.31. The smallest absolute Gasteiger partial charge is 0.263 e. The molecule has 2 fully saturated rings. The van der Waals surface area contributed by atoms with E-state index in [0.29, 0.717) is 11.0 Å². The second-order valence-electron chi connectivity index (χ2n) is 6.72. The Labute approximate surface area is 145 Å². The van der Waals surface area contributed by atoms with Gasteiger partial charge in [-0.15, -0.1) is 11.3 Å². The van der Waals surface area contributed by atoms with E-state index in [0.717, 1.165) is 36.4 Å². The summed E-state index contributed by atoms with van der Waals surface area (Å²) in [4.78, 5) is 17.6. The Morgan fingerprint density at radius 1 is 1.50 bits per heavy atom. The number of aromatic nitrogens is 3. The fourth-order valence-corrected chi connectivity index (χ4v) is 4.71. The number of amides is 1. The summed E-state index contributed by atoms with van der Waals surface area (Å²) in [6.45, 7) is 2.78. The number of hydrogen-bond acceptors (Lipinski definition) is 5. The first-order valence-electron chi connectivity index (χ1n) is 8.49. The second kappa shape index (κ2) is 5.97. The fraction of sp³-hybridized carbons (Fsp3) is 0.588. The van der Waals surface area contributed by atoms with E-state index in [-0.39, 0.29) is 17.4 Å². The molecule has 0 aromatic carbocycles. The number of nitrogens with zero attached hydrogens (tertiary/aromatic N) is 3. The van der Waals surface area contributed by atoms with Crippen molar-refractivity contribution >= 4 is 17.2 Å². The van der Waals surface area contributed by atoms with Gasteiger partial charge in [-0.25, -0.2) is 4.98 Å². The lowest BCUT2D eigenvalue weighted by Gasteiger charge is -2.60. The maximum Gasteiger partial charge on any atom is 0.263 e. The summed E-state index contributed by atoms with van der Waals surface area (Å²) in [5.74, 6) is -0.0196. The number of rotatable bonds is 5. The van der Waals surface area contributed by atoms with Crippen molar-refractivity contribution in [3.8, 4) is 10.6 Å². The molecule has 1 spiro atoms. The van der Waals surface area contributed by atoms with Crippen LogP contribution in [0.1, 0.15) is 42.3 Å². The van der Waals surface area contributed by atoms with Crippen molar-refractivity contribution in [2.45, 2.75) is 44.8 Å². The zero-order valence-electron chi connectivity index (χ0n) is 14.0. The molecule has 4 rings (SSSR count). The van der Waals surface area contributed by atoms with Crippen LogP contribution < -0.4 is 5.32 Å². The molecule has 2 saturated carbocycles. The van der Waals surface area contributed by atoms with Crippen LogP contribution in [0.15, 0.2) is 18.6 Å². The number of thiazole rings is 1. The molecule has 0 bridgehead atoms. The van der Waals surface area contributed by atoms with E-state index in [9.17, 15) is 4.79 Å². The molecule has 1 amide bonds. The Balaban J connectivity index is 1.43. The Kier molecular flexibility index (Phi) is 3.92. The summed E-state index contributed by atoms with van der Waals surface area (Å²) >= 11 is 1.41. The predicted octanol–water partition coefficient (Wildman–Crippen LogP) is 2.62. The van der Waals surface area contributed by atoms with Gasteiger partial charge in [-0.05, 0) is 26.2 Å². The minimum Gasteiger partial charge on any atom is -0.378 e. The molecular formula is C17H22N4O2S. The highest BCUT2D eigenvalue weighted by molar-refractivity contribution is 7.16. The summed E-state index contributed by atoms with van der Waals surface area (Å²) in [5, 5.41) is 8.19. The standard InChI is InChI=1S/C17H22N4O2S/c1-3-23-14-7-13(17(14)5-4-6-17)20-15(22)12-9-18-16(24-12)11-8-19-21(2)10-11/h8-10,13-14H,3-7H2,1-2H3,(H,20,22)/t13-,14+/m1/s1. The number of carbonyl (C=O) groups is 1. The molecule has 2 heterocycles. The van der Waals surface area contributed by atoms with Crippen molar-refractivity contribution < 1.29 is 9.53 Å². The van der Waals surface area contributed by atoms with E-state index in [2.05, 4.69) is 15.4 Å². The molecule has 1 N–H and O–H groups in total. The molecule has 0 radical (unpaired) electrons. The highest BCUT2D eigenvalue weighted by Crippen LogP contribution is 2.57. The average molecular weight is 346 g/mol. The lowest BCUT2D eigenvalue weighted by atomic mass is 9.51. The Morgan fingerprint density at radius 3 is 2.96 bits per heavy atom. The summed E-state index contributed by atoms with van der Waals surface area (Å²) in [5.41, 5.74) is 1.12. The highest BCUT2D eigenvalue weighted by atomic mass is 32.1. The summed E-state index contributed by atoms with van der Waals surface area (Å²) < 4.78 is 7.58. The fourth-order valence-electron chi connectivity index (χ4n) is 3.91. The summed E-state index contributed by atoms with van der Waals surface area (Å²) in [7, 11) is 1.87. The zero-order chi connectivity index (χ0) is 16.7. The topological polar surface area (TPSA) is 69.0 Å². The molecule has 2 aliphatic rings. The first-order chi connectivity index (χ1) is 11.6. The molecule has 2 aromatic rings. The van der Waals surface area contributed by atoms with Crippen LogP contribution in [0.2, 0.25) is 0 Å². The second-order valence-corrected chi connectivity index (χ2v) is 7.76. The maximum absolute atomic E-state index is 12.6. The first kappa shape index (κ1) is 15.8. The third-order valence-electron chi connectivity index (χ3n) is 5.42. The Bertz CT molecular complexity index is 749. The zero-order valence-corrected chi connectivity index (χ0v) is 14.8. The molecule has 7 heteroatoms. The monoisotopic (exact) mass is 346 g/mol. The van der Waals surface area contributed by atoms with Crippen LogP contribution in [0.25, 0.3) is 10.6 Å². The maximum atomic E-state index is 12.6. The average Bonchev–Trinajstić information content (AvgIpc) is 3.12. The highest BCUT2D eigenvalue weighted by Gasteiger charge is 2.59. The molecule has 2 atom stereocenters. The van der Waals surface area contributed by atoms with Gasteiger partial charge in [0.2, 0.25) is 0 Å². The normalized spacial score (nSPS) is 24.4. The van der Waals surface area contributed by atoms with Crippen molar-refractivity contribution in [3.05, 3.63) is 23.5 Å². The van der Waals surface area contributed by atoms with Gasteiger partial charge < -0.3 is 10.1 Å². The lowest BCUT2D eigenvalue weighted by Crippen LogP contribution is -2.67. The number of nitrogens with one attached hydrogen (secondary N) is 1. The third kappa shape index (κ3) is 2.46. The van der Waals surface area contributed by atoms with Crippen LogP contribution in [0.5, 0.6) is 0 Å². The van der Waals surface area contributed by atoms with E-state index >= 15 is 0 Å². The van der Waals surface area contributed by atoms with E-state index < -0.39 is 0 Å². The minimum atomic E-state index is -0.0196. The van der Waals surface area contributed by atoms with E-state index in [1.54, 1.807) is 17.1 Å². The Morgan fingerprint density at radius 2 is 2.33 bits per heavy atom. The minimum absolute atomic E-state index is 0.0196. The number of ether oxygens (including phenoxy) is 1. The third-order valence-corrected chi connectivity index (χ3v) is 6.47. The predicted molar refractivity (Wildman–Crippen MR) is 91.9 cm³/mol. The molecule has 0 unspecified atom stereocenters. The van der Waals surface area contributed by atoms with Crippen LogP contribution >= 0.6 is 11.3 Å². The van der Waals surface area contributed by atoms with Crippen LogP contribution in [-0.4, -0.2) is 39.4 Å². The van der Waals surface area contributed by atoms with Crippen molar-refractivity contribution in [2.24, 2.45) is 12.5 Å². The van der Waals surface area contributed by atoms with E-state index in [1.807, 2.05) is 20.2 Å². The van der Waals surface area contributed by atoms with Crippen LogP contribution in [-0.2, 0) is 11.8 Å². The molecule has 24 heavy (non-hydrogen) atoms. The van der Waals surface area contributed by atoms with Gasteiger partial charge in [0.15, 0.2) is 0 Å². The van der Waals surface area contributed by atoms with Crippen molar-refractivity contribution in [1.29, 1.82) is 0 Å². The van der Waals surface area contributed by atoms with E-state index in [1.165, 1.54) is 17.8 Å². The number of carbonyl (C=O) groups excluding carboxylic acids is 1. The molecule has 2 aliphatic carbocycles. The molecule has 2 aromatic heterocycles. The van der Waals surface area contributed by atoms with Gasteiger partial charge in [0, 0.05) is 36.9 Å². The van der Waals surface area contributed by atoms with Crippen molar-refractivity contribution in [1.82, 2.24) is 20.1 Å². The summed E-state index contributed by atoms with van der Waals surface area (Å²) in [6, 6.07) is 0.235. The van der Waals surface area contributed by atoms with Gasteiger partial charge in [-0.3, -0.25) is 9.48 Å².